The quantitative estimate of drug-likeness (QED) is 0.662. The first-order valence-corrected chi connectivity index (χ1v) is 6.03. The largest absolute Gasteiger partial charge is 0.457 e. The average molecular weight is 261 g/mol. The zero-order valence-electron chi connectivity index (χ0n) is 11.2. The number of carbonyl (C=O) groups excluding carboxylic acids is 1. The van der Waals surface area contributed by atoms with Gasteiger partial charge in [0.1, 0.15) is 11.4 Å². The summed E-state index contributed by atoms with van der Waals surface area (Å²) < 4.78 is 18.2. The van der Waals surface area contributed by atoms with Gasteiger partial charge in [0.25, 0.3) is 0 Å². The van der Waals surface area contributed by atoms with E-state index in [4.69, 9.17) is 4.74 Å². The summed E-state index contributed by atoms with van der Waals surface area (Å²) in [6.07, 6.45) is 2.97. The van der Waals surface area contributed by atoms with E-state index in [1.54, 1.807) is 18.2 Å². The zero-order valence-corrected chi connectivity index (χ0v) is 11.2. The van der Waals surface area contributed by atoms with Crippen LogP contribution in [-0.4, -0.2) is 16.6 Å². The number of ether oxygens (including phenoxy) is 1. The van der Waals surface area contributed by atoms with Crippen LogP contribution in [0.1, 0.15) is 26.5 Å². The Bertz CT molecular complexity index is 635. The van der Waals surface area contributed by atoms with Crippen molar-refractivity contribution in [2.75, 3.05) is 0 Å². The van der Waals surface area contributed by atoms with Crippen LogP contribution in [0, 0.1) is 5.82 Å². The third-order valence-electron chi connectivity index (χ3n) is 2.41. The van der Waals surface area contributed by atoms with Crippen LogP contribution in [-0.2, 0) is 9.53 Å². The Morgan fingerprint density at radius 1 is 1.32 bits per heavy atom. The molecule has 2 aromatic rings. The van der Waals surface area contributed by atoms with Crippen LogP contribution in [0.4, 0.5) is 4.39 Å². The molecule has 0 atom stereocenters. The molecule has 0 aliphatic rings. The zero-order chi connectivity index (χ0) is 14.0. The van der Waals surface area contributed by atoms with Crippen molar-refractivity contribution in [2.24, 2.45) is 0 Å². The summed E-state index contributed by atoms with van der Waals surface area (Å²) in [7, 11) is 0. The van der Waals surface area contributed by atoms with Gasteiger partial charge in [-0.25, -0.2) is 9.18 Å². The Morgan fingerprint density at radius 2 is 2.05 bits per heavy atom. The van der Waals surface area contributed by atoms with Gasteiger partial charge in [-0.2, -0.15) is 0 Å². The van der Waals surface area contributed by atoms with Crippen LogP contribution < -0.4 is 0 Å². The minimum atomic E-state index is -0.509. The third-order valence-corrected chi connectivity index (χ3v) is 2.41. The molecule has 0 aliphatic carbocycles. The lowest BCUT2D eigenvalue weighted by Crippen LogP contribution is -2.22. The molecule has 1 N–H and O–H groups in total. The maximum absolute atomic E-state index is 13.0. The summed E-state index contributed by atoms with van der Waals surface area (Å²) in [5, 5.41) is 0.767. The number of aromatic amines is 1. The van der Waals surface area contributed by atoms with Crippen LogP contribution in [0.3, 0.4) is 0 Å². The molecular weight excluding hydrogens is 245 g/mol. The molecule has 0 amide bonds. The van der Waals surface area contributed by atoms with E-state index in [1.807, 2.05) is 20.8 Å². The second kappa shape index (κ2) is 4.88. The van der Waals surface area contributed by atoms with Crippen molar-refractivity contribution >= 4 is 22.9 Å². The maximum atomic E-state index is 13.0. The Labute approximate surface area is 111 Å². The molecule has 0 saturated carbocycles. The molecule has 0 saturated heterocycles. The van der Waals surface area contributed by atoms with E-state index in [9.17, 15) is 9.18 Å². The van der Waals surface area contributed by atoms with Gasteiger partial charge >= 0.3 is 5.97 Å². The minimum Gasteiger partial charge on any atom is -0.457 e. The molecule has 0 bridgehead atoms. The molecule has 0 spiro atoms. The summed E-state index contributed by atoms with van der Waals surface area (Å²) >= 11 is 0. The number of nitrogens with one attached hydrogen (secondary N) is 1. The normalized spacial score (nSPS) is 12.2. The molecule has 4 heteroatoms. The summed E-state index contributed by atoms with van der Waals surface area (Å²) in [5.41, 5.74) is 1.04. The Balaban J connectivity index is 2.15. The summed E-state index contributed by atoms with van der Waals surface area (Å²) in [6, 6.07) is 6.27. The lowest BCUT2D eigenvalue weighted by molar-refractivity contribution is -0.148. The van der Waals surface area contributed by atoms with Gasteiger partial charge in [-0.05, 0) is 51.1 Å². The topological polar surface area (TPSA) is 42.1 Å². The highest BCUT2D eigenvalue weighted by molar-refractivity contribution is 5.89. The van der Waals surface area contributed by atoms with Crippen molar-refractivity contribution in [3.8, 4) is 0 Å². The molecule has 19 heavy (non-hydrogen) atoms. The third kappa shape index (κ3) is 3.68. The van der Waals surface area contributed by atoms with Crippen LogP contribution in [0.5, 0.6) is 0 Å². The van der Waals surface area contributed by atoms with Crippen LogP contribution in [0.25, 0.3) is 17.0 Å². The van der Waals surface area contributed by atoms with Gasteiger partial charge in [0, 0.05) is 22.7 Å². The second-order valence-corrected chi connectivity index (χ2v) is 5.32. The highest BCUT2D eigenvalue weighted by Gasteiger charge is 2.13. The van der Waals surface area contributed by atoms with Crippen molar-refractivity contribution in [1.82, 2.24) is 4.98 Å². The number of hydrogen-bond acceptors (Lipinski definition) is 2. The smallest absolute Gasteiger partial charge is 0.331 e. The predicted molar refractivity (Wildman–Crippen MR) is 73.1 cm³/mol. The molecule has 0 unspecified atom stereocenters. The number of rotatable bonds is 2. The van der Waals surface area contributed by atoms with Gasteiger partial charge in [0.15, 0.2) is 0 Å². The highest BCUT2D eigenvalue weighted by atomic mass is 19.1. The number of hydrogen-bond donors (Lipinski definition) is 1. The summed E-state index contributed by atoms with van der Waals surface area (Å²) in [6.45, 7) is 5.43. The number of fused-ring (bicyclic) bond motifs is 1. The van der Waals surface area contributed by atoms with E-state index >= 15 is 0 Å². The fourth-order valence-electron chi connectivity index (χ4n) is 1.71. The molecule has 100 valence electrons. The first-order valence-electron chi connectivity index (χ1n) is 6.03. The number of aromatic nitrogens is 1. The van der Waals surface area contributed by atoms with Crippen LogP contribution >= 0.6 is 0 Å². The predicted octanol–water partition coefficient (Wildman–Crippen LogP) is 3.66. The van der Waals surface area contributed by atoms with E-state index in [0.29, 0.717) is 0 Å². The van der Waals surface area contributed by atoms with Gasteiger partial charge < -0.3 is 9.72 Å². The number of halogens is 1. The standard InChI is InChI=1S/C15H16FNO2/c1-15(2,3)19-14(18)7-5-12-9-10-8-11(16)4-6-13(10)17-12/h4-9,17H,1-3H3/b7-5+. The Kier molecular flexibility index (Phi) is 3.42. The molecule has 1 aromatic heterocycles. The van der Waals surface area contributed by atoms with E-state index in [2.05, 4.69) is 4.98 Å². The number of esters is 1. The number of carbonyl (C=O) groups is 1. The van der Waals surface area contributed by atoms with E-state index < -0.39 is 11.6 Å². The number of H-pyrrole nitrogens is 1. The lowest BCUT2D eigenvalue weighted by atomic mass is 10.2. The van der Waals surface area contributed by atoms with Crippen LogP contribution in [0.15, 0.2) is 30.3 Å². The Hall–Kier alpha value is -2.10. The van der Waals surface area contributed by atoms with Crippen molar-refractivity contribution in [3.05, 3.63) is 41.9 Å². The fourth-order valence-corrected chi connectivity index (χ4v) is 1.71. The monoisotopic (exact) mass is 261 g/mol. The summed E-state index contributed by atoms with van der Waals surface area (Å²) in [5.74, 6) is -0.688. The van der Waals surface area contributed by atoms with Gasteiger partial charge in [-0.1, -0.05) is 0 Å². The fraction of sp³-hybridized carbons (Fsp3) is 0.267. The highest BCUT2D eigenvalue weighted by Crippen LogP contribution is 2.17. The molecule has 0 aliphatic heterocycles. The van der Waals surface area contributed by atoms with Crippen molar-refractivity contribution < 1.29 is 13.9 Å². The van der Waals surface area contributed by atoms with Gasteiger partial charge in [-0.3, -0.25) is 0 Å². The Morgan fingerprint density at radius 3 is 2.74 bits per heavy atom. The van der Waals surface area contributed by atoms with Gasteiger partial charge in [0.05, 0.1) is 0 Å². The second-order valence-electron chi connectivity index (χ2n) is 5.32. The van der Waals surface area contributed by atoms with Gasteiger partial charge in [0.2, 0.25) is 0 Å². The maximum Gasteiger partial charge on any atom is 0.331 e. The molecule has 1 heterocycles. The number of benzene rings is 1. The minimum absolute atomic E-state index is 0.283. The van der Waals surface area contributed by atoms with Crippen molar-refractivity contribution in [2.45, 2.75) is 26.4 Å². The van der Waals surface area contributed by atoms with E-state index in [-0.39, 0.29) is 5.82 Å². The SMILES string of the molecule is CC(C)(C)OC(=O)/C=C/c1cc2cc(F)ccc2[nH]1. The van der Waals surface area contributed by atoms with Gasteiger partial charge in [-0.15, -0.1) is 0 Å². The van der Waals surface area contributed by atoms with Crippen molar-refractivity contribution in [3.63, 3.8) is 0 Å². The molecule has 2 rings (SSSR count). The van der Waals surface area contributed by atoms with E-state index in [1.165, 1.54) is 18.2 Å². The molecule has 1 aromatic carbocycles. The van der Waals surface area contributed by atoms with Crippen LogP contribution in [0.2, 0.25) is 0 Å². The van der Waals surface area contributed by atoms with E-state index in [0.717, 1.165) is 16.6 Å². The molecule has 0 radical (unpaired) electrons. The average Bonchev–Trinajstić information content (AvgIpc) is 2.66. The molecule has 0 fully saturated rings. The first kappa shape index (κ1) is 13.3. The summed E-state index contributed by atoms with van der Waals surface area (Å²) in [4.78, 5) is 14.6. The van der Waals surface area contributed by atoms with Crippen molar-refractivity contribution in [1.29, 1.82) is 0 Å². The lowest BCUT2D eigenvalue weighted by Gasteiger charge is -2.17. The molecule has 3 nitrogen and oxygen atoms in total. The molecular formula is C15H16FNO2. The first-order chi connectivity index (χ1) is 8.83.